The summed E-state index contributed by atoms with van der Waals surface area (Å²) < 4.78 is 0. The number of fused-ring (bicyclic) bond motifs is 1. The highest BCUT2D eigenvalue weighted by Gasteiger charge is 2.31. The maximum atomic E-state index is 13.0. The van der Waals surface area contributed by atoms with Crippen LogP contribution in [-0.4, -0.2) is 28.9 Å². The van der Waals surface area contributed by atoms with Gasteiger partial charge in [0.2, 0.25) is 0 Å². The van der Waals surface area contributed by atoms with Crippen LogP contribution in [0.25, 0.3) is 0 Å². The Labute approximate surface area is 148 Å². The Morgan fingerprint density at radius 2 is 2.00 bits per heavy atom. The Balaban J connectivity index is 1.86. The molecule has 1 aromatic carbocycles. The number of nitrogens with one attached hydrogen (secondary N) is 1. The third-order valence-corrected chi connectivity index (χ3v) is 4.66. The topological polar surface area (TPSA) is 62.3 Å². The highest BCUT2D eigenvalue weighted by Crippen LogP contribution is 2.33. The zero-order chi connectivity index (χ0) is 18.0. The van der Waals surface area contributed by atoms with Crippen molar-refractivity contribution in [3.8, 4) is 0 Å². The summed E-state index contributed by atoms with van der Waals surface area (Å²) in [7, 11) is 0. The summed E-state index contributed by atoms with van der Waals surface area (Å²) in [6, 6.07) is 9.73. The summed E-state index contributed by atoms with van der Waals surface area (Å²) in [4.78, 5) is 31.2. The van der Waals surface area contributed by atoms with Crippen LogP contribution in [0.15, 0.2) is 42.7 Å². The summed E-state index contributed by atoms with van der Waals surface area (Å²) in [6.45, 7) is 5.99. The molecule has 3 rings (SSSR count). The average Bonchev–Trinajstić information content (AvgIpc) is 2.96. The van der Waals surface area contributed by atoms with Crippen LogP contribution in [0.1, 0.15) is 53.5 Å². The fourth-order valence-corrected chi connectivity index (χ4v) is 3.10. The predicted molar refractivity (Wildman–Crippen MR) is 97.9 cm³/mol. The molecule has 0 spiro atoms. The van der Waals surface area contributed by atoms with E-state index < -0.39 is 0 Å². The first-order chi connectivity index (χ1) is 12.0. The number of para-hydroxylation sites is 1. The van der Waals surface area contributed by atoms with E-state index in [1.54, 1.807) is 11.0 Å². The van der Waals surface area contributed by atoms with Crippen LogP contribution in [0.2, 0.25) is 0 Å². The molecule has 0 aliphatic carbocycles. The van der Waals surface area contributed by atoms with Crippen molar-refractivity contribution in [3.63, 3.8) is 0 Å². The minimum Gasteiger partial charge on any atom is -0.350 e. The summed E-state index contributed by atoms with van der Waals surface area (Å²) in [6.07, 6.45) is 4.70. The van der Waals surface area contributed by atoms with Gasteiger partial charge in [-0.2, -0.15) is 0 Å². The number of anilines is 1. The van der Waals surface area contributed by atoms with Crippen molar-refractivity contribution in [1.82, 2.24) is 10.3 Å². The lowest BCUT2D eigenvalue weighted by molar-refractivity contribution is 0.0939. The lowest BCUT2D eigenvalue weighted by atomic mass is 10.1. The van der Waals surface area contributed by atoms with Crippen LogP contribution in [0.5, 0.6) is 0 Å². The molecule has 2 aromatic rings. The summed E-state index contributed by atoms with van der Waals surface area (Å²) in [5.41, 5.74) is 2.95. The van der Waals surface area contributed by atoms with Crippen molar-refractivity contribution in [2.45, 2.75) is 45.7 Å². The molecule has 0 fully saturated rings. The second kappa shape index (κ2) is 7.05. The molecule has 0 radical (unpaired) electrons. The monoisotopic (exact) mass is 337 g/mol. The first-order valence-electron chi connectivity index (χ1n) is 8.68. The number of carbonyl (C=O) groups excluding carboxylic acids is 2. The average molecular weight is 337 g/mol. The number of pyridine rings is 1. The maximum absolute atomic E-state index is 13.0. The second-order valence-corrected chi connectivity index (χ2v) is 6.60. The van der Waals surface area contributed by atoms with E-state index in [0.29, 0.717) is 11.1 Å². The smallest absolute Gasteiger partial charge is 0.260 e. The molecule has 0 bridgehead atoms. The van der Waals surface area contributed by atoms with E-state index in [1.165, 1.54) is 18.0 Å². The number of rotatable bonds is 4. The molecule has 5 heteroatoms. The third kappa shape index (κ3) is 3.40. The number of hydrogen-bond acceptors (Lipinski definition) is 3. The quantitative estimate of drug-likeness (QED) is 0.932. The molecule has 2 atom stereocenters. The van der Waals surface area contributed by atoms with Gasteiger partial charge in [0, 0.05) is 30.2 Å². The van der Waals surface area contributed by atoms with Crippen LogP contribution >= 0.6 is 0 Å². The van der Waals surface area contributed by atoms with Crippen molar-refractivity contribution in [1.29, 1.82) is 0 Å². The molecule has 0 saturated carbocycles. The summed E-state index contributed by atoms with van der Waals surface area (Å²) in [5, 5.41) is 2.90. The molecular weight excluding hydrogens is 314 g/mol. The number of carbonyl (C=O) groups is 2. The molecule has 25 heavy (non-hydrogen) atoms. The van der Waals surface area contributed by atoms with Gasteiger partial charge in [0.05, 0.1) is 11.1 Å². The van der Waals surface area contributed by atoms with Crippen molar-refractivity contribution in [2.75, 3.05) is 4.90 Å². The summed E-state index contributed by atoms with van der Waals surface area (Å²) >= 11 is 0. The van der Waals surface area contributed by atoms with Gasteiger partial charge >= 0.3 is 0 Å². The Kier molecular flexibility index (Phi) is 4.83. The van der Waals surface area contributed by atoms with Gasteiger partial charge in [-0.1, -0.05) is 25.1 Å². The largest absolute Gasteiger partial charge is 0.350 e. The first kappa shape index (κ1) is 17.1. The fraction of sp³-hybridized carbons (Fsp3) is 0.350. The number of hydrogen-bond donors (Lipinski definition) is 1. The molecule has 1 aliphatic heterocycles. The van der Waals surface area contributed by atoms with Crippen molar-refractivity contribution in [3.05, 3.63) is 59.4 Å². The van der Waals surface area contributed by atoms with Crippen molar-refractivity contribution >= 4 is 17.5 Å². The summed E-state index contributed by atoms with van der Waals surface area (Å²) in [5.74, 6) is -0.325. The zero-order valence-electron chi connectivity index (χ0n) is 14.8. The molecule has 1 N–H and O–H groups in total. The minimum absolute atomic E-state index is 0.0809. The second-order valence-electron chi connectivity index (χ2n) is 6.60. The van der Waals surface area contributed by atoms with Gasteiger partial charge < -0.3 is 10.2 Å². The normalized spacial score (nSPS) is 17.1. The van der Waals surface area contributed by atoms with Gasteiger partial charge in [-0.25, -0.2) is 0 Å². The standard InChI is InChI=1S/C20H23N3O2/c1-4-13(2)22-19(24)16-10-17(12-21-11-16)20(25)23-14(3)9-15-7-5-6-8-18(15)23/h5-8,10-14H,4,9H2,1-3H3,(H,22,24). The number of benzene rings is 1. The van der Waals surface area contributed by atoms with Gasteiger partial charge in [-0.05, 0) is 44.4 Å². The van der Waals surface area contributed by atoms with Crippen molar-refractivity contribution in [2.24, 2.45) is 0 Å². The zero-order valence-corrected chi connectivity index (χ0v) is 14.8. The van der Waals surface area contributed by atoms with E-state index in [1.807, 2.05) is 45.0 Å². The van der Waals surface area contributed by atoms with Crippen LogP contribution in [0, 0.1) is 0 Å². The van der Waals surface area contributed by atoms with E-state index in [-0.39, 0.29) is 23.9 Å². The molecule has 2 heterocycles. The molecule has 5 nitrogen and oxygen atoms in total. The Hall–Kier alpha value is -2.69. The molecule has 1 aliphatic rings. The van der Waals surface area contributed by atoms with E-state index in [2.05, 4.69) is 10.3 Å². The van der Waals surface area contributed by atoms with E-state index in [0.717, 1.165) is 18.5 Å². The first-order valence-corrected chi connectivity index (χ1v) is 8.68. The lowest BCUT2D eigenvalue weighted by Crippen LogP contribution is -2.36. The van der Waals surface area contributed by atoms with E-state index >= 15 is 0 Å². The van der Waals surface area contributed by atoms with Gasteiger partial charge in [0.15, 0.2) is 0 Å². The fourth-order valence-electron chi connectivity index (χ4n) is 3.10. The van der Waals surface area contributed by atoms with E-state index in [4.69, 9.17) is 0 Å². The molecule has 0 saturated heterocycles. The minimum atomic E-state index is -0.202. The Morgan fingerprint density at radius 1 is 1.28 bits per heavy atom. The molecular formula is C20H23N3O2. The van der Waals surface area contributed by atoms with Crippen LogP contribution in [0.3, 0.4) is 0 Å². The van der Waals surface area contributed by atoms with Gasteiger partial charge in [0.25, 0.3) is 11.8 Å². The van der Waals surface area contributed by atoms with Crippen LogP contribution in [0.4, 0.5) is 5.69 Å². The maximum Gasteiger partial charge on any atom is 0.260 e. The van der Waals surface area contributed by atoms with Crippen LogP contribution < -0.4 is 10.2 Å². The van der Waals surface area contributed by atoms with Crippen molar-refractivity contribution < 1.29 is 9.59 Å². The number of aromatic nitrogens is 1. The molecule has 2 amide bonds. The Bertz CT molecular complexity index is 803. The van der Waals surface area contributed by atoms with Gasteiger partial charge in [-0.15, -0.1) is 0 Å². The third-order valence-electron chi connectivity index (χ3n) is 4.66. The van der Waals surface area contributed by atoms with Gasteiger partial charge in [0.1, 0.15) is 0 Å². The number of nitrogens with zero attached hydrogens (tertiary/aromatic N) is 2. The molecule has 2 unspecified atom stereocenters. The lowest BCUT2D eigenvalue weighted by Gasteiger charge is -2.23. The highest BCUT2D eigenvalue weighted by atomic mass is 16.2. The van der Waals surface area contributed by atoms with Crippen LogP contribution in [-0.2, 0) is 6.42 Å². The van der Waals surface area contributed by atoms with Gasteiger partial charge in [-0.3, -0.25) is 14.6 Å². The predicted octanol–water partition coefficient (Wildman–Crippen LogP) is 3.20. The van der Waals surface area contributed by atoms with E-state index in [9.17, 15) is 9.59 Å². The number of amides is 2. The Morgan fingerprint density at radius 3 is 2.76 bits per heavy atom. The SMILES string of the molecule is CCC(C)NC(=O)c1cncc(C(=O)N2c3ccccc3CC2C)c1. The molecule has 1 aromatic heterocycles. The highest BCUT2D eigenvalue weighted by molar-refractivity contribution is 6.08. The molecule has 130 valence electrons.